The number of esters is 1. The van der Waals surface area contributed by atoms with Crippen LogP contribution >= 0.6 is 11.3 Å². The maximum atomic E-state index is 11.8. The summed E-state index contributed by atoms with van der Waals surface area (Å²) in [6.45, 7) is 16.4. The van der Waals surface area contributed by atoms with Crippen LogP contribution in [0.25, 0.3) is 0 Å². The van der Waals surface area contributed by atoms with Gasteiger partial charge in [-0.2, -0.15) is 0 Å². The molecule has 1 heterocycles. The number of nitrogens with two attached hydrogens (primary N) is 1. The van der Waals surface area contributed by atoms with Crippen molar-refractivity contribution in [3.8, 4) is 5.75 Å². The third-order valence-electron chi connectivity index (χ3n) is 6.46. The molecule has 1 aromatic heterocycles. The number of thiophene rings is 1. The van der Waals surface area contributed by atoms with Crippen LogP contribution in [-0.2, 0) is 14.9 Å². The van der Waals surface area contributed by atoms with E-state index in [2.05, 4.69) is 36.8 Å². The van der Waals surface area contributed by atoms with Gasteiger partial charge < -0.3 is 20.3 Å². The molecule has 1 aromatic carbocycles. The van der Waals surface area contributed by atoms with E-state index in [0.29, 0.717) is 11.3 Å². The topological polar surface area (TPSA) is 98.8 Å². The number of methoxy groups -OCH3 is 1. The van der Waals surface area contributed by atoms with Gasteiger partial charge in [0, 0.05) is 16.7 Å². The molecule has 2 rings (SSSR count). The van der Waals surface area contributed by atoms with Crippen LogP contribution in [-0.4, -0.2) is 36.8 Å². The molecule has 0 bridgehead atoms. The summed E-state index contributed by atoms with van der Waals surface area (Å²) in [4.78, 5) is 23.5. The Kier molecular flexibility index (Phi) is 11.4. The summed E-state index contributed by atoms with van der Waals surface area (Å²) in [6, 6.07) is 8.38. The van der Waals surface area contributed by atoms with E-state index in [1.165, 1.54) is 28.9 Å². The van der Waals surface area contributed by atoms with Crippen LogP contribution < -0.4 is 10.5 Å². The van der Waals surface area contributed by atoms with Crippen LogP contribution in [0.1, 0.15) is 92.0 Å². The van der Waals surface area contributed by atoms with Crippen molar-refractivity contribution in [1.82, 2.24) is 0 Å². The minimum Gasteiger partial charge on any atom is -0.491 e. The minimum absolute atomic E-state index is 0.157. The average Bonchev–Trinajstić information content (AvgIpc) is 3.20. The molecule has 6 nitrogen and oxygen atoms in total. The van der Waals surface area contributed by atoms with Gasteiger partial charge in [-0.25, -0.2) is 0 Å². The summed E-state index contributed by atoms with van der Waals surface area (Å²) >= 11 is 1.51. The molecule has 0 aliphatic rings. The van der Waals surface area contributed by atoms with E-state index < -0.39 is 6.10 Å². The van der Waals surface area contributed by atoms with Crippen molar-refractivity contribution in [3.63, 3.8) is 0 Å². The Morgan fingerprint density at radius 3 is 2.03 bits per heavy atom. The van der Waals surface area contributed by atoms with E-state index in [-0.39, 0.29) is 29.3 Å². The maximum Gasteiger partial charge on any atom is 0.305 e. The first-order valence-electron chi connectivity index (χ1n) is 12.2. The van der Waals surface area contributed by atoms with Crippen LogP contribution in [0.15, 0.2) is 24.3 Å². The van der Waals surface area contributed by atoms with Crippen LogP contribution in [0.3, 0.4) is 0 Å². The Morgan fingerprint density at radius 1 is 1.06 bits per heavy atom. The van der Waals surface area contributed by atoms with E-state index in [1.54, 1.807) is 6.92 Å². The van der Waals surface area contributed by atoms with Crippen LogP contribution in [0, 0.1) is 19.3 Å². The number of aliphatic hydroxyl groups is 1. The summed E-state index contributed by atoms with van der Waals surface area (Å²) in [6.07, 6.45) is 1.78. The number of aryl methyl sites for hydroxylation is 2. The van der Waals surface area contributed by atoms with Gasteiger partial charge in [0.1, 0.15) is 12.4 Å². The van der Waals surface area contributed by atoms with Gasteiger partial charge in [0.2, 0.25) is 0 Å². The second-order valence-corrected chi connectivity index (χ2v) is 10.9. The van der Waals surface area contributed by atoms with Crippen molar-refractivity contribution >= 4 is 23.2 Å². The molecule has 35 heavy (non-hydrogen) atoms. The molecule has 0 fully saturated rings. The first kappa shape index (κ1) is 30.7. The normalized spacial score (nSPS) is 12.4. The maximum absolute atomic E-state index is 11.8. The van der Waals surface area contributed by atoms with E-state index in [0.717, 1.165) is 29.7 Å². The van der Waals surface area contributed by atoms with Crippen molar-refractivity contribution in [3.05, 3.63) is 50.7 Å². The number of aliphatic hydroxyl groups excluding tert-OH is 1. The number of ether oxygens (including phenoxy) is 2. The number of amides is 1. The largest absolute Gasteiger partial charge is 0.491 e. The lowest BCUT2D eigenvalue weighted by atomic mass is 9.74. The number of hydrogen-bond acceptors (Lipinski definition) is 6. The molecule has 0 saturated carbocycles. The van der Waals surface area contributed by atoms with Gasteiger partial charge in [0.25, 0.3) is 5.91 Å². The Hall–Kier alpha value is -2.38. The number of carbonyl (C=O) groups excluding carboxylic acids is 2. The lowest BCUT2D eigenvalue weighted by molar-refractivity contribution is -0.140. The molecule has 1 amide bonds. The highest BCUT2D eigenvalue weighted by Crippen LogP contribution is 2.44. The molecule has 0 aliphatic carbocycles. The summed E-state index contributed by atoms with van der Waals surface area (Å²) < 4.78 is 10.2. The fourth-order valence-electron chi connectivity index (χ4n) is 3.78. The third kappa shape index (κ3) is 7.80. The van der Waals surface area contributed by atoms with Gasteiger partial charge in [0.15, 0.2) is 0 Å². The molecule has 1 unspecified atom stereocenters. The van der Waals surface area contributed by atoms with Crippen molar-refractivity contribution in [1.29, 1.82) is 0 Å². The zero-order chi connectivity index (χ0) is 27.0. The Morgan fingerprint density at radius 2 is 1.66 bits per heavy atom. The molecule has 196 valence electrons. The Balaban J connectivity index is 0.000000905. The number of benzene rings is 1. The third-order valence-corrected chi connectivity index (χ3v) is 7.92. The van der Waals surface area contributed by atoms with Crippen molar-refractivity contribution in [2.45, 2.75) is 86.2 Å². The first-order valence-corrected chi connectivity index (χ1v) is 13.0. The van der Waals surface area contributed by atoms with E-state index in [9.17, 15) is 14.7 Å². The minimum atomic E-state index is -0.534. The highest BCUT2D eigenvalue weighted by molar-refractivity contribution is 7.14. The predicted octanol–water partition coefficient (Wildman–Crippen LogP) is 5.93. The molecule has 7 heteroatoms. The molecule has 2 aromatic rings. The quantitative estimate of drug-likeness (QED) is 0.412. The van der Waals surface area contributed by atoms with E-state index in [4.69, 9.17) is 10.5 Å². The van der Waals surface area contributed by atoms with E-state index in [1.807, 2.05) is 40.7 Å². The molecule has 3 N–H and O–H groups in total. The second-order valence-electron chi connectivity index (χ2n) is 9.88. The molecular formula is C28H43NO5S. The van der Waals surface area contributed by atoms with Gasteiger partial charge >= 0.3 is 5.97 Å². The van der Waals surface area contributed by atoms with E-state index >= 15 is 0 Å². The first-order chi connectivity index (χ1) is 16.3. The van der Waals surface area contributed by atoms with Gasteiger partial charge in [-0.3, -0.25) is 9.59 Å². The zero-order valence-electron chi connectivity index (χ0n) is 22.8. The number of primary amides is 1. The summed E-state index contributed by atoms with van der Waals surface area (Å²) in [5, 5.41) is 10.3. The molecule has 0 spiro atoms. The molecular weight excluding hydrogens is 462 g/mol. The summed E-state index contributed by atoms with van der Waals surface area (Å²) in [5.74, 6) is 0.269. The fraction of sp³-hybridized carbons (Fsp3) is 0.571. The highest BCUT2D eigenvalue weighted by atomic mass is 32.1. The lowest BCUT2D eigenvalue weighted by Gasteiger charge is -2.32. The standard InChI is InChI=1S/C24H35NO3S.C4H8O2/c1-8-24(9-2,20-13-16(4)21(29-20)22(25)27)17-10-11-18(15(3)12-17)28-14-19(26)23(5,6)7;1-3-4(5)6-2/h10-13,19,26H,8-9,14H2,1-7H3,(H2,25,27);3H2,1-2H3. The van der Waals surface area contributed by atoms with Gasteiger partial charge in [-0.15, -0.1) is 11.3 Å². The van der Waals surface area contributed by atoms with Gasteiger partial charge in [-0.05, 0) is 60.9 Å². The fourth-order valence-corrected chi connectivity index (χ4v) is 5.16. The van der Waals surface area contributed by atoms with Crippen LogP contribution in [0.5, 0.6) is 5.75 Å². The van der Waals surface area contributed by atoms with Crippen LogP contribution in [0.4, 0.5) is 0 Å². The number of hydrogen-bond donors (Lipinski definition) is 2. The number of rotatable bonds is 9. The van der Waals surface area contributed by atoms with Crippen LogP contribution in [0.2, 0.25) is 0 Å². The smallest absolute Gasteiger partial charge is 0.305 e. The summed E-state index contributed by atoms with van der Waals surface area (Å²) in [7, 11) is 1.38. The SMILES string of the molecule is CCC(=O)OC.CCC(CC)(c1ccc(OCC(O)C(C)(C)C)c(C)c1)c1cc(C)c(C(N)=O)s1. The van der Waals surface area contributed by atoms with Crippen molar-refractivity contribution in [2.24, 2.45) is 11.1 Å². The Labute approximate surface area is 214 Å². The zero-order valence-corrected chi connectivity index (χ0v) is 23.6. The highest BCUT2D eigenvalue weighted by Gasteiger charge is 2.34. The molecule has 0 saturated heterocycles. The predicted molar refractivity (Wildman–Crippen MR) is 143 cm³/mol. The molecule has 0 aliphatic heterocycles. The average molecular weight is 506 g/mol. The van der Waals surface area contributed by atoms with Gasteiger partial charge in [-0.1, -0.05) is 53.7 Å². The monoisotopic (exact) mass is 505 g/mol. The molecule has 0 radical (unpaired) electrons. The lowest BCUT2D eigenvalue weighted by Crippen LogP contribution is -2.32. The Bertz CT molecular complexity index is 980. The summed E-state index contributed by atoms with van der Waals surface area (Å²) in [5.41, 5.74) is 8.36. The van der Waals surface area contributed by atoms with Gasteiger partial charge in [0.05, 0.1) is 18.1 Å². The second kappa shape index (κ2) is 13.1. The van der Waals surface area contributed by atoms with Crippen molar-refractivity contribution < 1.29 is 24.2 Å². The molecule has 1 atom stereocenters. The van der Waals surface area contributed by atoms with Crippen molar-refractivity contribution in [2.75, 3.05) is 13.7 Å². The number of carbonyl (C=O) groups is 2.